The molecule has 0 aliphatic carbocycles. The van der Waals surface area contributed by atoms with Crippen LogP contribution in [0.15, 0.2) is 30.3 Å². The lowest BCUT2D eigenvalue weighted by atomic mass is 9.96. The number of benzene rings is 1. The van der Waals surface area contributed by atoms with E-state index in [2.05, 4.69) is 10.2 Å². The molecule has 1 aromatic rings. The van der Waals surface area contributed by atoms with E-state index < -0.39 is 6.09 Å². The molecule has 1 aromatic carbocycles. The minimum Gasteiger partial charge on any atom is -0.469 e. The van der Waals surface area contributed by atoms with Crippen LogP contribution in [0.2, 0.25) is 0 Å². The minimum atomic E-state index is -0.528. The van der Waals surface area contributed by atoms with E-state index >= 15 is 0 Å². The number of hydrogen-bond donors (Lipinski definition) is 2. The monoisotopic (exact) mass is 363 g/mol. The molecule has 1 saturated heterocycles. The number of amides is 1. The Morgan fingerprint density at radius 1 is 1.27 bits per heavy atom. The van der Waals surface area contributed by atoms with Crippen LogP contribution in [-0.4, -0.2) is 56.3 Å². The number of esters is 1. The van der Waals surface area contributed by atoms with Crippen molar-refractivity contribution in [2.24, 2.45) is 11.7 Å². The first-order valence-corrected chi connectivity index (χ1v) is 9.07. The van der Waals surface area contributed by atoms with Gasteiger partial charge < -0.3 is 25.4 Å². The third-order valence-corrected chi connectivity index (χ3v) is 4.69. The molecule has 2 rings (SSSR count). The lowest BCUT2D eigenvalue weighted by Gasteiger charge is -2.33. The van der Waals surface area contributed by atoms with Crippen LogP contribution in [0.4, 0.5) is 4.79 Å². The Balaban J connectivity index is 1.83. The number of methoxy groups -OCH3 is 1. The number of nitrogens with zero attached hydrogens (tertiary/aromatic N) is 1. The summed E-state index contributed by atoms with van der Waals surface area (Å²) in [4.78, 5) is 26.0. The maximum atomic E-state index is 12.1. The highest BCUT2D eigenvalue weighted by atomic mass is 16.5. The van der Waals surface area contributed by atoms with Crippen LogP contribution in [0.1, 0.15) is 24.8 Å². The zero-order chi connectivity index (χ0) is 18.8. The number of carbonyl (C=O) groups excluding carboxylic acids is 2. The summed E-state index contributed by atoms with van der Waals surface area (Å²) in [5.74, 6) is 0.212. The molecule has 0 saturated carbocycles. The Hall–Kier alpha value is -2.12. The number of likely N-dealkylation sites (tertiary alicyclic amines) is 1. The lowest BCUT2D eigenvalue weighted by Crippen LogP contribution is -2.47. The van der Waals surface area contributed by atoms with E-state index in [-0.39, 0.29) is 25.0 Å². The Morgan fingerprint density at radius 3 is 2.58 bits per heavy atom. The maximum Gasteiger partial charge on any atom is 0.407 e. The number of carbonyl (C=O) groups is 2. The second kappa shape index (κ2) is 10.8. The van der Waals surface area contributed by atoms with Crippen LogP contribution >= 0.6 is 0 Å². The van der Waals surface area contributed by atoms with Crippen molar-refractivity contribution in [1.82, 2.24) is 10.2 Å². The Bertz CT molecular complexity index is 559. The van der Waals surface area contributed by atoms with Crippen LogP contribution in [-0.2, 0) is 20.9 Å². The molecule has 1 atom stereocenters. The Morgan fingerprint density at radius 2 is 1.96 bits per heavy atom. The highest BCUT2D eigenvalue weighted by molar-refractivity contribution is 5.72. The number of nitrogens with two attached hydrogens (primary N) is 1. The van der Waals surface area contributed by atoms with Gasteiger partial charge in [-0.15, -0.1) is 0 Å². The van der Waals surface area contributed by atoms with Gasteiger partial charge in [0.2, 0.25) is 0 Å². The normalized spacial score (nSPS) is 16.7. The van der Waals surface area contributed by atoms with Gasteiger partial charge in [0.25, 0.3) is 0 Å². The molecular weight excluding hydrogens is 334 g/mol. The molecule has 7 nitrogen and oxygen atoms in total. The van der Waals surface area contributed by atoms with Gasteiger partial charge in [-0.2, -0.15) is 0 Å². The van der Waals surface area contributed by atoms with Crippen LogP contribution in [0.25, 0.3) is 0 Å². The summed E-state index contributed by atoms with van der Waals surface area (Å²) in [6.07, 6.45) is 1.67. The third kappa shape index (κ3) is 7.01. The van der Waals surface area contributed by atoms with E-state index in [0.717, 1.165) is 31.5 Å². The first kappa shape index (κ1) is 20.2. The van der Waals surface area contributed by atoms with Crippen molar-refractivity contribution >= 4 is 12.1 Å². The molecule has 0 unspecified atom stereocenters. The zero-order valence-corrected chi connectivity index (χ0v) is 15.4. The van der Waals surface area contributed by atoms with E-state index in [1.807, 2.05) is 30.3 Å². The SMILES string of the molecule is COC(=O)C[C@@H](CN1CCC(CN)CC1)NC(=O)OCc1ccccc1. The van der Waals surface area contributed by atoms with Gasteiger partial charge in [0.1, 0.15) is 6.61 Å². The van der Waals surface area contributed by atoms with Gasteiger partial charge in [-0.05, 0) is 44.0 Å². The summed E-state index contributed by atoms with van der Waals surface area (Å²) >= 11 is 0. The van der Waals surface area contributed by atoms with Crippen molar-refractivity contribution < 1.29 is 19.1 Å². The number of piperidine rings is 1. The van der Waals surface area contributed by atoms with Gasteiger partial charge in [-0.3, -0.25) is 4.79 Å². The summed E-state index contributed by atoms with van der Waals surface area (Å²) in [7, 11) is 1.35. The van der Waals surface area contributed by atoms with Gasteiger partial charge >= 0.3 is 12.1 Å². The lowest BCUT2D eigenvalue weighted by molar-refractivity contribution is -0.141. The molecule has 144 valence electrons. The fourth-order valence-electron chi connectivity index (χ4n) is 3.09. The summed E-state index contributed by atoms with van der Waals surface area (Å²) in [6, 6.07) is 9.12. The fraction of sp³-hybridized carbons (Fsp3) is 0.579. The molecule has 0 spiro atoms. The number of rotatable bonds is 8. The molecule has 0 radical (unpaired) electrons. The van der Waals surface area contributed by atoms with Crippen LogP contribution in [0.5, 0.6) is 0 Å². The molecule has 7 heteroatoms. The second-order valence-corrected chi connectivity index (χ2v) is 6.66. The first-order valence-electron chi connectivity index (χ1n) is 9.07. The maximum absolute atomic E-state index is 12.1. The molecular formula is C19H29N3O4. The molecule has 0 aromatic heterocycles. The summed E-state index contributed by atoms with van der Waals surface area (Å²) in [5.41, 5.74) is 6.64. The molecule has 1 fully saturated rings. The van der Waals surface area contributed by atoms with E-state index in [4.69, 9.17) is 15.2 Å². The summed E-state index contributed by atoms with van der Waals surface area (Å²) in [6.45, 7) is 3.33. The average Bonchev–Trinajstić information content (AvgIpc) is 2.67. The van der Waals surface area contributed by atoms with Crippen LogP contribution < -0.4 is 11.1 Å². The summed E-state index contributed by atoms with van der Waals surface area (Å²) in [5, 5.41) is 2.80. The van der Waals surface area contributed by atoms with Gasteiger partial charge in [-0.25, -0.2) is 4.79 Å². The van der Waals surface area contributed by atoms with Gasteiger partial charge in [0.15, 0.2) is 0 Å². The molecule has 1 amide bonds. The number of hydrogen-bond acceptors (Lipinski definition) is 6. The molecule has 3 N–H and O–H groups in total. The highest BCUT2D eigenvalue weighted by Crippen LogP contribution is 2.16. The predicted octanol–water partition coefficient (Wildman–Crippen LogP) is 1.52. The van der Waals surface area contributed by atoms with Gasteiger partial charge in [-0.1, -0.05) is 30.3 Å². The molecule has 1 aliphatic heterocycles. The van der Waals surface area contributed by atoms with E-state index in [0.29, 0.717) is 19.0 Å². The Labute approximate surface area is 154 Å². The van der Waals surface area contributed by atoms with Crippen molar-refractivity contribution in [2.75, 3.05) is 33.3 Å². The number of ether oxygens (including phenoxy) is 2. The van der Waals surface area contributed by atoms with Crippen molar-refractivity contribution in [3.05, 3.63) is 35.9 Å². The third-order valence-electron chi connectivity index (χ3n) is 4.69. The van der Waals surface area contributed by atoms with Crippen LogP contribution in [0.3, 0.4) is 0 Å². The van der Waals surface area contributed by atoms with E-state index in [9.17, 15) is 9.59 Å². The van der Waals surface area contributed by atoms with Gasteiger partial charge in [0, 0.05) is 6.54 Å². The molecule has 1 heterocycles. The fourth-order valence-corrected chi connectivity index (χ4v) is 3.09. The smallest absolute Gasteiger partial charge is 0.407 e. The molecule has 0 bridgehead atoms. The van der Waals surface area contributed by atoms with Crippen molar-refractivity contribution in [3.8, 4) is 0 Å². The number of nitrogens with one attached hydrogen (secondary N) is 1. The first-order chi connectivity index (χ1) is 12.6. The van der Waals surface area contributed by atoms with Crippen molar-refractivity contribution in [3.63, 3.8) is 0 Å². The minimum absolute atomic E-state index is 0.119. The van der Waals surface area contributed by atoms with E-state index in [1.54, 1.807) is 0 Å². The standard InChI is InChI=1S/C19H29N3O4/c1-25-18(23)11-17(13-22-9-7-15(12-20)8-10-22)21-19(24)26-14-16-5-3-2-4-6-16/h2-6,15,17H,7-14,20H2,1H3,(H,21,24)/t17-/m0/s1. The Kier molecular flexibility index (Phi) is 8.37. The quantitative estimate of drug-likeness (QED) is 0.680. The summed E-state index contributed by atoms with van der Waals surface area (Å²) < 4.78 is 10.0. The zero-order valence-electron chi connectivity index (χ0n) is 15.4. The van der Waals surface area contributed by atoms with Gasteiger partial charge in [0.05, 0.1) is 19.6 Å². The van der Waals surface area contributed by atoms with Crippen molar-refractivity contribution in [2.45, 2.75) is 31.9 Å². The van der Waals surface area contributed by atoms with E-state index in [1.165, 1.54) is 7.11 Å². The number of alkyl carbamates (subject to hydrolysis) is 1. The topological polar surface area (TPSA) is 93.9 Å². The van der Waals surface area contributed by atoms with Crippen LogP contribution in [0, 0.1) is 5.92 Å². The van der Waals surface area contributed by atoms with Crippen molar-refractivity contribution in [1.29, 1.82) is 0 Å². The predicted molar refractivity (Wildman–Crippen MR) is 98.4 cm³/mol. The average molecular weight is 363 g/mol. The largest absolute Gasteiger partial charge is 0.469 e. The molecule has 26 heavy (non-hydrogen) atoms. The molecule has 1 aliphatic rings. The second-order valence-electron chi connectivity index (χ2n) is 6.66. The highest BCUT2D eigenvalue weighted by Gasteiger charge is 2.24.